The first-order valence-electron chi connectivity index (χ1n) is 10.2. The van der Waals surface area contributed by atoms with Crippen molar-refractivity contribution in [1.82, 2.24) is 10.3 Å². The quantitative estimate of drug-likeness (QED) is 0.487. The van der Waals surface area contributed by atoms with Crippen LogP contribution in [0.3, 0.4) is 0 Å². The minimum Gasteiger partial charge on any atom is -0.378 e. The number of anilines is 1. The van der Waals surface area contributed by atoms with Crippen LogP contribution in [0.4, 0.5) is 5.69 Å². The molecule has 0 aliphatic carbocycles. The Labute approximate surface area is 181 Å². The molecule has 0 bridgehead atoms. The zero-order chi connectivity index (χ0) is 21.8. The van der Waals surface area contributed by atoms with Gasteiger partial charge in [0.15, 0.2) is 0 Å². The van der Waals surface area contributed by atoms with Gasteiger partial charge in [-0.3, -0.25) is 4.79 Å². The van der Waals surface area contributed by atoms with Crippen molar-refractivity contribution in [3.63, 3.8) is 0 Å². The lowest BCUT2D eigenvalue weighted by atomic mass is 9.90. The van der Waals surface area contributed by atoms with Gasteiger partial charge in [0.05, 0.1) is 11.6 Å². The third-order valence-corrected chi connectivity index (χ3v) is 5.55. The van der Waals surface area contributed by atoms with Crippen molar-refractivity contribution in [2.75, 3.05) is 25.5 Å². The molecule has 0 radical (unpaired) electrons. The molecule has 5 nitrogen and oxygen atoms in total. The van der Waals surface area contributed by atoms with Crippen LogP contribution in [0.1, 0.15) is 33.0 Å². The second kappa shape index (κ2) is 8.76. The summed E-state index contributed by atoms with van der Waals surface area (Å²) in [4.78, 5) is 18.2. The van der Waals surface area contributed by atoms with Crippen LogP contribution in [0.2, 0.25) is 0 Å². The monoisotopic (exact) mass is 408 g/mol. The minimum absolute atomic E-state index is 0.00491. The van der Waals surface area contributed by atoms with Gasteiger partial charge in [-0.15, -0.1) is 0 Å². The van der Waals surface area contributed by atoms with Gasteiger partial charge in [-0.2, -0.15) is 5.26 Å². The summed E-state index contributed by atoms with van der Waals surface area (Å²) < 4.78 is 0. The summed E-state index contributed by atoms with van der Waals surface area (Å²) in [5.41, 5.74) is 5.56. The van der Waals surface area contributed by atoms with Gasteiger partial charge in [0.1, 0.15) is 0 Å². The molecule has 3 aromatic carbocycles. The first-order valence-corrected chi connectivity index (χ1v) is 10.2. The number of aromatic nitrogens is 1. The molecule has 1 atom stereocenters. The Bertz CT molecular complexity index is 1230. The van der Waals surface area contributed by atoms with E-state index in [1.54, 1.807) is 24.3 Å². The second-order valence-corrected chi connectivity index (χ2v) is 7.73. The molecule has 1 heterocycles. The molecule has 0 aliphatic heterocycles. The first-order chi connectivity index (χ1) is 15.1. The molecule has 4 aromatic rings. The molecule has 0 saturated carbocycles. The van der Waals surface area contributed by atoms with Gasteiger partial charge in [-0.1, -0.05) is 30.3 Å². The zero-order valence-electron chi connectivity index (χ0n) is 17.6. The van der Waals surface area contributed by atoms with E-state index >= 15 is 0 Å². The minimum atomic E-state index is -0.153. The standard InChI is InChI=1S/C26H24N4O/c1-30(2)21-13-11-19(12-14-21)23(24-17-28-25-6-4-3-5-22(24)25)16-29-26(31)20-9-7-18(15-27)8-10-20/h3-14,17,23,28H,16H2,1-2H3,(H,29,31)/t23-/m1/s1. The van der Waals surface area contributed by atoms with Gasteiger partial charge in [0.25, 0.3) is 5.91 Å². The normalized spacial score (nSPS) is 11.6. The molecule has 4 rings (SSSR count). The van der Waals surface area contributed by atoms with Crippen molar-refractivity contribution in [3.8, 4) is 6.07 Å². The van der Waals surface area contributed by atoms with Crippen LogP contribution in [0, 0.1) is 11.3 Å². The fourth-order valence-electron chi connectivity index (χ4n) is 3.79. The maximum absolute atomic E-state index is 12.7. The Morgan fingerprint density at radius 1 is 1.03 bits per heavy atom. The smallest absolute Gasteiger partial charge is 0.251 e. The van der Waals surface area contributed by atoms with Crippen LogP contribution in [0.25, 0.3) is 10.9 Å². The molecule has 0 unspecified atom stereocenters. The van der Waals surface area contributed by atoms with E-state index in [0.717, 1.165) is 27.7 Å². The molecule has 0 fully saturated rings. The van der Waals surface area contributed by atoms with E-state index < -0.39 is 0 Å². The van der Waals surface area contributed by atoms with Crippen molar-refractivity contribution in [1.29, 1.82) is 5.26 Å². The maximum atomic E-state index is 12.7. The third kappa shape index (κ3) is 4.29. The second-order valence-electron chi connectivity index (χ2n) is 7.73. The van der Waals surface area contributed by atoms with Crippen molar-refractivity contribution in [2.45, 2.75) is 5.92 Å². The fraction of sp³-hybridized carbons (Fsp3) is 0.154. The number of nitrogens with zero attached hydrogens (tertiary/aromatic N) is 2. The molecule has 154 valence electrons. The van der Waals surface area contributed by atoms with E-state index in [1.165, 1.54) is 0 Å². The number of para-hydroxylation sites is 1. The summed E-state index contributed by atoms with van der Waals surface area (Å²) in [7, 11) is 4.04. The molecule has 5 heteroatoms. The molecule has 1 aromatic heterocycles. The lowest BCUT2D eigenvalue weighted by Crippen LogP contribution is -2.29. The number of nitriles is 1. The highest BCUT2D eigenvalue weighted by Crippen LogP contribution is 2.31. The van der Waals surface area contributed by atoms with Gasteiger partial charge in [-0.25, -0.2) is 0 Å². The van der Waals surface area contributed by atoms with Gasteiger partial charge in [0.2, 0.25) is 0 Å². The summed E-state index contributed by atoms with van der Waals surface area (Å²) >= 11 is 0. The highest BCUT2D eigenvalue weighted by molar-refractivity contribution is 5.94. The number of carbonyl (C=O) groups is 1. The number of aromatic amines is 1. The highest BCUT2D eigenvalue weighted by atomic mass is 16.1. The molecule has 2 N–H and O–H groups in total. The topological polar surface area (TPSA) is 71.9 Å². The predicted molar refractivity (Wildman–Crippen MR) is 124 cm³/mol. The number of amides is 1. The fourth-order valence-corrected chi connectivity index (χ4v) is 3.79. The number of carbonyl (C=O) groups excluding carboxylic acids is 1. The number of rotatable bonds is 6. The molecule has 0 aliphatic rings. The Morgan fingerprint density at radius 3 is 2.42 bits per heavy atom. The van der Waals surface area contributed by atoms with Crippen molar-refractivity contribution in [3.05, 3.63) is 101 Å². The average Bonchev–Trinajstić information content (AvgIpc) is 3.23. The Morgan fingerprint density at radius 2 is 1.74 bits per heavy atom. The number of fused-ring (bicyclic) bond motifs is 1. The zero-order valence-corrected chi connectivity index (χ0v) is 17.6. The van der Waals surface area contributed by atoms with Crippen LogP contribution in [0.5, 0.6) is 0 Å². The van der Waals surface area contributed by atoms with E-state index in [-0.39, 0.29) is 11.8 Å². The Hall–Kier alpha value is -4.04. The van der Waals surface area contributed by atoms with E-state index in [1.807, 2.05) is 32.4 Å². The largest absolute Gasteiger partial charge is 0.378 e. The molecule has 31 heavy (non-hydrogen) atoms. The number of hydrogen-bond donors (Lipinski definition) is 2. The van der Waals surface area contributed by atoms with Gasteiger partial charge in [-0.05, 0) is 53.6 Å². The molecular formula is C26H24N4O. The van der Waals surface area contributed by atoms with Crippen LogP contribution >= 0.6 is 0 Å². The Balaban J connectivity index is 1.63. The van der Waals surface area contributed by atoms with Crippen LogP contribution in [-0.2, 0) is 0 Å². The SMILES string of the molecule is CN(C)c1ccc([C@@H](CNC(=O)c2ccc(C#N)cc2)c2c[nH]c3ccccc23)cc1. The lowest BCUT2D eigenvalue weighted by molar-refractivity contribution is 0.0952. The lowest BCUT2D eigenvalue weighted by Gasteiger charge is -2.20. The van der Waals surface area contributed by atoms with Crippen LogP contribution in [0.15, 0.2) is 79.0 Å². The molecule has 0 saturated heterocycles. The average molecular weight is 409 g/mol. The summed E-state index contributed by atoms with van der Waals surface area (Å²) in [6.45, 7) is 0.460. The highest BCUT2D eigenvalue weighted by Gasteiger charge is 2.19. The van der Waals surface area contributed by atoms with Crippen LogP contribution < -0.4 is 10.2 Å². The van der Waals surface area contributed by atoms with Gasteiger partial charge in [0, 0.05) is 54.9 Å². The first kappa shape index (κ1) is 20.2. The maximum Gasteiger partial charge on any atom is 0.251 e. The number of nitrogens with one attached hydrogen (secondary N) is 2. The number of hydrogen-bond acceptors (Lipinski definition) is 3. The van der Waals surface area contributed by atoms with E-state index in [4.69, 9.17) is 5.26 Å². The summed E-state index contributed by atoms with van der Waals surface area (Å²) in [5.74, 6) is -0.158. The van der Waals surface area contributed by atoms with E-state index in [9.17, 15) is 4.79 Å². The third-order valence-electron chi connectivity index (χ3n) is 5.55. The predicted octanol–water partition coefficient (Wildman–Crippen LogP) is 4.67. The van der Waals surface area contributed by atoms with Crippen molar-refractivity contribution < 1.29 is 4.79 Å². The van der Waals surface area contributed by atoms with Crippen molar-refractivity contribution in [2.24, 2.45) is 0 Å². The number of benzene rings is 3. The molecular weight excluding hydrogens is 384 g/mol. The molecule has 0 spiro atoms. The number of H-pyrrole nitrogens is 1. The van der Waals surface area contributed by atoms with Crippen molar-refractivity contribution >= 4 is 22.5 Å². The summed E-state index contributed by atoms with van der Waals surface area (Å²) in [6.07, 6.45) is 2.03. The van der Waals surface area contributed by atoms with E-state index in [2.05, 4.69) is 57.7 Å². The van der Waals surface area contributed by atoms with Gasteiger partial charge >= 0.3 is 0 Å². The summed E-state index contributed by atoms with van der Waals surface area (Å²) in [6, 6.07) is 25.4. The van der Waals surface area contributed by atoms with Gasteiger partial charge < -0.3 is 15.2 Å². The molecule has 1 amide bonds. The van der Waals surface area contributed by atoms with Crippen LogP contribution in [-0.4, -0.2) is 31.5 Å². The summed E-state index contributed by atoms with van der Waals surface area (Å²) in [5, 5.41) is 13.2. The Kier molecular flexibility index (Phi) is 5.72. The van der Waals surface area contributed by atoms with E-state index in [0.29, 0.717) is 17.7 Å².